The molecule has 2 atom stereocenters. The third-order valence-corrected chi connectivity index (χ3v) is 7.08. The van der Waals surface area contributed by atoms with Crippen LogP contribution < -0.4 is 9.64 Å². The van der Waals surface area contributed by atoms with E-state index in [1.54, 1.807) is 35.3 Å². The molecule has 6 rings (SSSR count). The van der Waals surface area contributed by atoms with Crippen molar-refractivity contribution in [1.82, 2.24) is 29.6 Å². The zero-order chi connectivity index (χ0) is 23.9. The van der Waals surface area contributed by atoms with Crippen LogP contribution in [0.25, 0.3) is 28.5 Å². The Balaban J connectivity index is 1.28. The molecule has 0 radical (unpaired) electrons. The summed E-state index contributed by atoms with van der Waals surface area (Å²) in [5, 5.41) is 4.53. The number of hydrogen-bond acceptors (Lipinski definition) is 7. The van der Waals surface area contributed by atoms with Gasteiger partial charge in [-0.15, -0.1) is 0 Å². The van der Waals surface area contributed by atoms with Gasteiger partial charge in [0.1, 0.15) is 17.4 Å². The lowest BCUT2D eigenvalue weighted by molar-refractivity contribution is 0.212. The quantitative estimate of drug-likeness (QED) is 0.438. The number of piperazine rings is 1. The molecule has 0 amide bonds. The normalized spacial score (nSPS) is 19.8. The van der Waals surface area contributed by atoms with Gasteiger partial charge in [0, 0.05) is 43.1 Å². The van der Waals surface area contributed by atoms with E-state index in [2.05, 4.69) is 38.0 Å². The molecule has 0 spiro atoms. The summed E-state index contributed by atoms with van der Waals surface area (Å²) in [6.07, 6.45) is 7.72. The molecule has 9 heteroatoms. The lowest BCUT2D eigenvalue weighted by atomic mass is 10.1. The third-order valence-electron chi connectivity index (χ3n) is 7.08. The second kappa shape index (κ2) is 8.74. The van der Waals surface area contributed by atoms with Crippen molar-refractivity contribution in [2.45, 2.75) is 24.9 Å². The number of fused-ring (bicyclic) bond motifs is 2. The standard InChI is InChI=1S/C26H26FN7O/c1-32-18-9-10-19(32)16-33(15-18)23-7-4-8-24(31-23)34-14-17(13-29-34)21-11-12-28-26(30-21)25-20(27)5-3-6-22(25)35-2/h3-8,11-14,18-19H,9-10,15-16H2,1-2H3. The van der Waals surface area contributed by atoms with E-state index in [0.29, 0.717) is 23.5 Å². The van der Waals surface area contributed by atoms with Gasteiger partial charge in [0.25, 0.3) is 0 Å². The minimum atomic E-state index is -0.435. The fourth-order valence-electron chi connectivity index (χ4n) is 5.13. The Hall–Kier alpha value is -3.85. The lowest BCUT2D eigenvalue weighted by Crippen LogP contribution is -2.52. The molecule has 2 bridgehead atoms. The van der Waals surface area contributed by atoms with E-state index < -0.39 is 5.82 Å². The van der Waals surface area contributed by atoms with Gasteiger partial charge < -0.3 is 9.64 Å². The number of methoxy groups -OCH3 is 1. The highest BCUT2D eigenvalue weighted by Gasteiger charge is 2.37. The molecule has 0 saturated carbocycles. The van der Waals surface area contributed by atoms with Crippen LogP contribution in [0.5, 0.6) is 5.75 Å². The van der Waals surface area contributed by atoms with Crippen molar-refractivity contribution < 1.29 is 9.13 Å². The Kier molecular flexibility index (Phi) is 5.41. The summed E-state index contributed by atoms with van der Waals surface area (Å²) < 4.78 is 21.6. The first kappa shape index (κ1) is 21.7. The van der Waals surface area contributed by atoms with Crippen LogP contribution in [0.1, 0.15) is 12.8 Å². The smallest absolute Gasteiger partial charge is 0.166 e. The maximum Gasteiger partial charge on any atom is 0.166 e. The van der Waals surface area contributed by atoms with Gasteiger partial charge in [-0.05, 0) is 50.2 Å². The van der Waals surface area contributed by atoms with Crippen LogP contribution in [-0.4, -0.2) is 69.0 Å². The predicted molar refractivity (Wildman–Crippen MR) is 131 cm³/mol. The number of nitrogens with zero attached hydrogens (tertiary/aromatic N) is 7. The molecule has 8 nitrogen and oxygen atoms in total. The number of halogens is 1. The average molecular weight is 472 g/mol. The molecule has 0 N–H and O–H groups in total. The molecule has 2 aliphatic heterocycles. The SMILES string of the molecule is COc1cccc(F)c1-c1nccc(-c2cnn(-c3cccc(N4CC5CCC(C4)N5C)n3)c2)n1. The maximum absolute atomic E-state index is 14.6. The number of ether oxygens (including phenoxy) is 1. The molecule has 1 aromatic carbocycles. The molecule has 5 heterocycles. The van der Waals surface area contributed by atoms with Gasteiger partial charge in [0.05, 0.1) is 24.6 Å². The van der Waals surface area contributed by atoms with E-state index in [1.165, 1.54) is 26.0 Å². The van der Waals surface area contributed by atoms with E-state index in [0.717, 1.165) is 30.3 Å². The highest BCUT2D eigenvalue weighted by Crippen LogP contribution is 2.32. The molecule has 178 valence electrons. The summed E-state index contributed by atoms with van der Waals surface area (Å²) >= 11 is 0. The topological polar surface area (TPSA) is 72.2 Å². The molecule has 2 saturated heterocycles. The van der Waals surface area contributed by atoms with Crippen LogP contribution in [0.4, 0.5) is 10.2 Å². The van der Waals surface area contributed by atoms with Crippen LogP contribution in [-0.2, 0) is 0 Å². The first-order chi connectivity index (χ1) is 17.1. The van der Waals surface area contributed by atoms with Crippen molar-refractivity contribution >= 4 is 5.82 Å². The molecular weight excluding hydrogens is 445 g/mol. The molecule has 2 fully saturated rings. The number of benzene rings is 1. The molecule has 0 aliphatic carbocycles. The van der Waals surface area contributed by atoms with Crippen LogP contribution >= 0.6 is 0 Å². The molecule has 35 heavy (non-hydrogen) atoms. The Morgan fingerprint density at radius 1 is 0.971 bits per heavy atom. The van der Waals surface area contributed by atoms with Crippen molar-refractivity contribution in [2.24, 2.45) is 0 Å². The summed E-state index contributed by atoms with van der Waals surface area (Å²) in [5.74, 6) is 1.92. The Labute approximate surface area is 203 Å². The Bertz CT molecular complexity index is 1360. The largest absolute Gasteiger partial charge is 0.496 e. The zero-order valence-electron chi connectivity index (χ0n) is 19.7. The highest BCUT2D eigenvalue weighted by molar-refractivity contribution is 5.68. The van der Waals surface area contributed by atoms with Crippen LogP contribution in [0.3, 0.4) is 0 Å². The van der Waals surface area contributed by atoms with Gasteiger partial charge in [-0.25, -0.2) is 24.0 Å². The number of hydrogen-bond donors (Lipinski definition) is 0. The summed E-state index contributed by atoms with van der Waals surface area (Å²) in [5.41, 5.74) is 1.66. The van der Waals surface area contributed by atoms with Crippen molar-refractivity contribution in [1.29, 1.82) is 0 Å². The number of anilines is 1. The summed E-state index contributed by atoms with van der Waals surface area (Å²) in [6, 6.07) is 13.7. The van der Waals surface area contributed by atoms with Gasteiger partial charge in [-0.2, -0.15) is 5.10 Å². The minimum absolute atomic E-state index is 0.236. The van der Waals surface area contributed by atoms with Gasteiger partial charge in [0.15, 0.2) is 11.6 Å². The van der Waals surface area contributed by atoms with Gasteiger partial charge >= 0.3 is 0 Å². The minimum Gasteiger partial charge on any atom is -0.496 e. The zero-order valence-corrected chi connectivity index (χ0v) is 19.7. The van der Waals surface area contributed by atoms with E-state index in [1.807, 2.05) is 18.3 Å². The summed E-state index contributed by atoms with van der Waals surface area (Å²) in [6.45, 7) is 1.99. The molecule has 4 aromatic rings. The molecular formula is C26H26FN7O. The molecule has 3 aromatic heterocycles. The summed E-state index contributed by atoms with van der Waals surface area (Å²) in [7, 11) is 3.73. The van der Waals surface area contributed by atoms with Crippen LogP contribution in [0.15, 0.2) is 61.1 Å². The van der Waals surface area contributed by atoms with Crippen LogP contribution in [0.2, 0.25) is 0 Å². The highest BCUT2D eigenvalue weighted by atomic mass is 19.1. The van der Waals surface area contributed by atoms with Crippen molar-refractivity contribution in [3.63, 3.8) is 0 Å². The Morgan fingerprint density at radius 2 is 1.74 bits per heavy atom. The lowest BCUT2D eigenvalue weighted by Gasteiger charge is -2.39. The van der Waals surface area contributed by atoms with E-state index in [9.17, 15) is 4.39 Å². The fourth-order valence-corrected chi connectivity index (χ4v) is 5.13. The monoisotopic (exact) mass is 471 g/mol. The first-order valence-corrected chi connectivity index (χ1v) is 11.8. The Morgan fingerprint density at radius 3 is 2.54 bits per heavy atom. The molecule has 2 unspecified atom stereocenters. The second-order valence-corrected chi connectivity index (χ2v) is 9.07. The van der Waals surface area contributed by atoms with E-state index >= 15 is 0 Å². The number of rotatable bonds is 5. The van der Waals surface area contributed by atoms with Crippen molar-refractivity contribution in [2.75, 3.05) is 32.1 Å². The van der Waals surface area contributed by atoms with Crippen molar-refractivity contribution in [3.8, 4) is 34.2 Å². The molecule has 2 aliphatic rings. The summed E-state index contributed by atoms with van der Waals surface area (Å²) in [4.78, 5) is 18.7. The fraction of sp³-hybridized carbons (Fsp3) is 0.308. The van der Waals surface area contributed by atoms with Crippen molar-refractivity contribution in [3.05, 3.63) is 66.9 Å². The predicted octanol–water partition coefficient (Wildman–Crippen LogP) is 3.82. The number of pyridine rings is 1. The first-order valence-electron chi connectivity index (χ1n) is 11.8. The number of likely N-dealkylation sites (N-methyl/N-ethyl adjacent to an activating group) is 1. The van der Waals surface area contributed by atoms with Gasteiger partial charge in [-0.1, -0.05) is 12.1 Å². The van der Waals surface area contributed by atoms with E-state index in [-0.39, 0.29) is 11.4 Å². The van der Waals surface area contributed by atoms with Gasteiger partial charge in [0.2, 0.25) is 0 Å². The van der Waals surface area contributed by atoms with Crippen LogP contribution in [0, 0.1) is 5.82 Å². The second-order valence-electron chi connectivity index (χ2n) is 9.07. The maximum atomic E-state index is 14.6. The average Bonchev–Trinajstić information content (AvgIpc) is 3.44. The third kappa shape index (κ3) is 3.91. The van der Waals surface area contributed by atoms with E-state index in [4.69, 9.17) is 9.72 Å². The van der Waals surface area contributed by atoms with Gasteiger partial charge in [-0.3, -0.25) is 4.90 Å². The number of aromatic nitrogens is 5.